The zero-order valence-electron chi connectivity index (χ0n) is 14.9. The molecule has 3 aromatic rings. The number of aryl methyl sites for hydroxylation is 2. The Balaban J connectivity index is 1.84. The summed E-state index contributed by atoms with van der Waals surface area (Å²) < 4.78 is 0. The van der Waals surface area contributed by atoms with Gasteiger partial charge in [0.05, 0.1) is 22.0 Å². The molecule has 3 rings (SSSR count). The van der Waals surface area contributed by atoms with E-state index in [-0.39, 0.29) is 5.69 Å². The summed E-state index contributed by atoms with van der Waals surface area (Å²) in [4.78, 5) is 16.7. The van der Waals surface area contributed by atoms with Gasteiger partial charge in [-0.15, -0.1) is 0 Å². The molecule has 1 amide bonds. The summed E-state index contributed by atoms with van der Waals surface area (Å²) in [5.41, 5.74) is 4.63. The minimum absolute atomic E-state index is 0.230. The molecule has 0 aliphatic heterocycles. The number of nitrogens with zero attached hydrogens (tertiary/aromatic N) is 2. The number of rotatable bonds is 4. The van der Waals surface area contributed by atoms with Crippen molar-refractivity contribution in [2.24, 2.45) is 0 Å². The Kier molecular flexibility index (Phi) is 5.39. The first kappa shape index (κ1) is 18.4. The number of pyridine rings is 1. The van der Waals surface area contributed by atoms with E-state index < -0.39 is 5.91 Å². The van der Waals surface area contributed by atoms with E-state index in [9.17, 15) is 4.79 Å². The Morgan fingerprint density at radius 2 is 1.93 bits per heavy atom. The number of nitriles is 1. The summed E-state index contributed by atoms with van der Waals surface area (Å²) in [5.74, 6) is -0.395. The van der Waals surface area contributed by atoms with Gasteiger partial charge in [0.1, 0.15) is 11.8 Å². The lowest BCUT2D eigenvalue weighted by atomic mass is 10.1. The Morgan fingerprint density at radius 1 is 1.15 bits per heavy atom. The third-order valence-electron chi connectivity index (χ3n) is 3.99. The van der Waals surface area contributed by atoms with Gasteiger partial charge in [-0.25, -0.2) is 0 Å². The maximum absolute atomic E-state index is 12.5. The fourth-order valence-corrected chi connectivity index (χ4v) is 3.10. The highest BCUT2D eigenvalue weighted by atomic mass is 35.5. The quantitative estimate of drug-likeness (QED) is 0.654. The van der Waals surface area contributed by atoms with Crippen LogP contribution in [-0.2, 0) is 0 Å². The number of carbonyl (C=O) groups is 1. The Bertz CT molecular complexity index is 1030. The minimum Gasteiger partial charge on any atom is -0.354 e. The third kappa shape index (κ3) is 4.25. The number of nitrogens with one attached hydrogen (secondary N) is 2. The van der Waals surface area contributed by atoms with Crippen LogP contribution in [0, 0.1) is 25.2 Å². The standard InChI is InChI=1S/C21H17ClN4O/c1-13-9-14(2)20(17(22)10-13)25-16-7-8-24-19(11-16)21(27)26-18-6-4-3-5-15(18)12-23/h3-11H,1-2H3,(H,24,25)(H,26,27). The zero-order valence-corrected chi connectivity index (χ0v) is 15.6. The average Bonchev–Trinajstić information content (AvgIpc) is 2.65. The Morgan fingerprint density at radius 3 is 2.67 bits per heavy atom. The molecule has 1 heterocycles. The number of halogens is 1. The second kappa shape index (κ2) is 7.90. The van der Waals surface area contributed by atoms with Gasteiger partial charge >= 0.3 is 0 Å². The number of anilines is 3. The van der Waals surface area contributed by atoms with E-state index in [1.165, 1.54) is 0 Å². The highest BCUT2D eigenvalue weighted by Gasteiger charge is 2.12. The molecule has 0 bridgehead atoms. The molecule has 1 aromatic heterocycles. The maximum Gasteiger partial charge on any atom is 0.274 e. The van der Waals surface area contributed by atoms with E-state index in [1.54, 1.807) is 42.6 Å². The van der Waals surface area contributed by atoms with Crippen molar-refractivity contribution < 1.29 is 4.79 Å². The number of hydrogen-bond acceptors (Lipinski definition) is 4. The summed E-state index contributed by atoms with van der Waals surface area (Å²) >= 11 is 6.34. The van der Waals surface area contributed by atoms with Crippen molar-refractivity contribution >= 4 is 34.6 Å². The molecule has 0 spiro atoms. The van der Waals surface area contributed by atoms with Crippen LogP contribution in [0.25, 0.3) is 0 Å². The number of hydrogen-bond donors (Lipinski definition) is 2. The molecule has 5 nitrogen and oxygen atoms in total. The van der Waals surface area contributed by atoms with Crippen LogP contribution in [0.15, 0.2) is 54.7 Å². The third-order valence-corrected chi connectivity index (χ3v) is 4.29. The molecule has 0 aliphatic rings. The first-order valence-electron chi connectivity index (χ1n) is 8.28. The van der Waals surface area contributed by atoms with E-state index in [0.29, 0.717) is 22.0 Å². The number of aromatic nitrogens is 1. The van der Waals surface area contributed by atoms with Crippen molar-refractivity contribution in [3.63, 3.8) is 0 Å². The minimum atomic E-state index is -0.395. The first-order chi connectivity index (χ1) is 13.0. The lowest BCUT2D eigenvalue weighted by Gasteiger charge is -2.13. The van der Waals surface area contributed by atoms with Crippen LogP contribution in [0.1, 0.15) is 27.2 Å². The molecule has 0 atom stereocenters. The first-order valence-corrected chi connectivity index (χ1v) is 8.66. The molecule has 134 valence electrons. The van der Waals surface area contributed by atoms with Crippen molar-refractivity contribution in [1.82, 2.24) is 4.98 Å². The van der Waals surface area contributed by atoms with Crippen LogP contribution in [-0.4, -0.2) is 10.9 Å². The average molecular weight is 377 g/mol. The van der Waals surface area contributed by atoms with Gasteiger partial charge in [-0.1, -0.05) is 29.8 Å². The van der Waals surface area contributed by atoms with Gasteiger partial charge in [0.25, 0.3) is 5.91 Å². The SMILES string of the molecule is Cc1cc(C)c(Nc2ccnc(C(=O)Nc3ccccc3C#N)c2)c(Cl)c1. The topological polar surface area (TPSA) is 77.8 Å². The zero-order chi connectivity index (χ0) is 19.4. The summed E-state index contributed by atoms with van der Waals surface area (Å²) in [7, 11) is 0. The predicted molar refractivity (Wildman–Crippen MR) is 108 cm³/mol. The van der Waals surface area contributed by atoms with Crippen LogP contribution in [0.2, 0.25) is 5.02 Å². The molecule has 0 saturated heterocycles. The summed E-state index contributed by atoms with van der Waals surface area (Å²) in [6, 6.07) is 16.2. The molecule has 0 aliphatic carbocycles. The van der Waals surface area contributed by atoms with Gasteiger partial charge < -0.3 is 10.6 Å². The summed E-state index contributed by atoms with van der Waals surface area (Å²) in [6.45, 7) is 3.95. The Hall–Kier alpha value is -3.36. The summed E-state index contributed by atoms with van der Waals surface area (Å²) in [5, 5.41) is 15.7. The normalized spacial score (nSPS) is 10.1. The molecule has 27 heavy (non-hydrogen) atoms. The van der Waals surface area contributed by atoms with Gasteiger partial charge in [-0.3, -0.25) is 9.78 Å². The largest absolute Gasteiger partial charge is 0.354 e. The smallest absolute Gasteiger partial charge is 0.274 e. The van der Waals surface area contributed by atoms with Crippen molar-refractivity contribution in [3.8, 4) is 6.07 Å². The van der Waals surface area contributed by atoms with Gasteiger partial charge in [0.2, 0.25) is 0 Å². The molecule has 0 radical (unpaired) electrons. The highest BCUT2D eigenvalue weighted by molar-refractivity contribution is 6.33. The van der Waals surface area contributed by atoms with Crippen LogP contribution >= 0.6 is 11.6 Å². The van der Waals surface area contributed by atoms with Crippen LogP contribution in [0.3, 0.4) is 0 Å². The van der Waals surface area contributed by atoms with E-state index in [2.05, 4.69) is 21.7 Å². The van der Waals surface area contributed by atoms with E-state index >= 15 is 0 Å². The highest BCUT2D eigenvalue weighted by Crippen LogP contribution is 2.30. The van der Waals surface area contributed by atoms with E-state index in [4.69, 9.17) is 16.9 Å². The molecular weight excluding hydrogens is 360 g/mol. The van der Waals surface area contributed by atoms with Crippen LogP contribution < -0.4 is 10.6 Å². The molecule has 0 saturated carbocycles. The lowest BCUT2D eigenvalue weighted by molar-refractivity contribution is 0.102. The van der Waals surface area contributed by atoms with Gasteiger partial charge in [-0.05, 0) is 55.3 Å². The fraction of sp³-hybridized carbons (Fsp3) is 0.0952. The fourth-order valence-electron chi connectivity index (χ4n) is 2.73. The molecular formula is C21H17ClN4O. The number of para-hydroxylation sites is 1. The number of amides is 1. The number of benzene rings is 2. The number of carbonyl (C=O) groups excluding carboxylic acids is 1. The van der Waals surface area contributed by atoms with E-state index in [1.807, 2.05) is 26.0 Å². The van der Waals surface area contributed by atoms with Crippen molar-refractivity contribution in [3.05, 3.63) is 82.1 Å². The van der Waals surface area contributed by atoms with Crippen LogP contribution in [0.4, 0.5) is 17.1 Å². The monoisotopic (exact) mass is 376 g/mol. The van der Waals surface area contributed by atoms with Crippen molar-refractivity contribution in [2.75, 3.05) is 10.6 Å². The molecule has 0 fully saturated rings. The van der Waals surface area contributed by atoms with Crippen molar-refractivity contribution in [2.45, 2.75) is 13.8 Å². The van der Waals surface area contributed by atoms with Crippen LogP contribution in [0.5, 0.6) is 0 Å². The molecule has 0 unspecified atom stereocenters. The van der Waals surface area contributed by atoms with Gasteiger partial charge in [0, 0.05) is 11.9 Å². The van der Waals surface area contributed by atoms with Crippen molar-refractivity contribution in [1.29, 1.82) is 5.26 Å². The van der Waals surface area contributed by atoms with E-state index in [0.717, 1.165) is 16.8 Å². The van der Waals surface area contributed by atoms with Gasteiger partial charge in [0.15, 0.2) is 0 Å². The molecule has 2 aromatic carbocycles. The predicted octanol–water partition coefficient (Wildman–Crippen LogP) is 5.22. The molecule has 6 heteroatoms. The lowest BCUT2D eigenvalue weighted by Crippen LogP contribution is -2.14. The van der Waals surface area contributed by atoms with Gasteiger partial charge in [-0.2, -0.15) is 5.26 Å². The Labute approximate surface area is 162 Å². The maximum atomic E-state index is 12.5. The summed E-state index contributed by atoms with van der Waals surface area (Å²) in [6.07, 6.45) is 1.55. The second-order valence-electron chi connectivity index (χ2n) is 6.10. The molecule has 2 N–H and O–H groups in total. The second-order valence-corrected chi connectivity index (χ2v) is 6.51.